The third kappa shape index (κ3) is 3.07. The second-order valence-electron chi connectivity index (χ2n) is 6.73. The highest BCUT2D eigenvalue weighted by Gasteiger charge is 2.32. The van der Waals surface area contributed by atoms with Gasteiger partial charge in [-0.3, -0.25) is 0 Å². The summed E-state index contributed by atoms with van der Waals surface area (Å²) in [6.45, 7) is 9.48. The molecular weight excluding hydrogens is 379 g/mol. The Labute approximate surface area is 138 Å². The number of benzene rings is 1. The van der Waals surface area contributed by atoms with E-state index in [2.05, 4.69) is 72.4 Å². The lowest BCUT2D eigenvalue weighted by molar-refractivity contribution is 0.277. The number of ether oxygens (including phenoxy) is 2. The van der Waals surface area contributed by atoms with Crippen LogP contribution in [0.15, 0.2) is 28.2 Å². The van der Waals surface area contributed by atoms with Crippen molar-refractivity contribution in [3.05, 3.63) is 32.9 Å². The molecule has 0 aromatic heterocycles. The Hall–Kier alpha value is -1.11. The van der Waals surface area contributed by atoms with Gasteiger partial charge in [-0.15, -0.1) is 0 Å². The van der Waals surface area contributed by atoms with E-state index in [1.54, 1.807) is 0 Å². The molecule has 0 saturated carbocycles. The largest absolute Gasteiger partial charge is 0.475 e. The van der Waals surface area contributed by atoms with E-state index in [9.17, 15) is 0 Å². The van der Waals surface area contributed by atoms with Crippen molar-refractivity contribution in [1.29, 1.82) is 0 Å². The Kier molecular flexibility index (Phi) is 3.50. The quantitative estimate of drug-likeness (QED) is 0.717. The van der Waals surface area contributed by atoms with E-state index in [1.807, 2.05) is 6.07 Å². The van der Waals surface area contributed by atoms with Gasteiger partial charge in [0.25, 0.3) is 0 Å². The third-order valence-corrected chi connectivity index (χ3v) is 4.05. The number of hydrogen-bond acceptors (Lipinski definition) is 4. The molecule has 2 aliphatic heterocycles. The Balaban J connectivity index is 2.07. The predicted molar refractivity (Wildman–Crippen MR) is 92.3 cm³/mol. The monoisotopic (exact) mass is 398 g/mol. The van der Waals surface area contributed by atoms with Crippen molar-refractivity contribution in [2.75, 3.05) is 13.2 Å². The van der Waals surface area contributed by atoms with Gasteiger partial charge in [0.15, 0.2) is 0 Å². The van der Waals surface area contributed by atoms with Crippen LogP contribution in [-0.2, 0) is 9.47 Å². The molecule has 2 aliphatic rings. The molecule has 0 unspecified atom stereocenters. The fraction of sp³-hybridized carbons (Fsp3) is 0.500. The van der Waals surface area contributed by atoms with E-state index in [-0.39, 0.29) is 11.1 Å². The van der Waals surface area contributed by atoms with Gasteiger partial charge in [0.1, 0.15) is 13.2 Å². The normalized spacial score (nSPS) is 22.3. The van der Waals surface area contributed by atoms with Gasteiger partial charge in [-0.1, -0.05) is 0 Å². The zero-order valence-corrected chi connectivity index (χ0v) is 14.9. The van der Waals surface area contributed by atoms with Crippen LogP contribution in [0.4, 0.5) is 0 Å². The third-order valence-electron chi connectivity index (χ3n) is 3.38. The van der Waals surface area contributed by atoms with Crippen molar-refractivity contribution in [2.24, 2.45) is 9.98 Å². The van der Waals surface area contributed by atoms with Crippen LogP contribution in [0.5, 0.6) is 0 Å². The van der Waals surface area contributed by atoms with E-state index < -0.39 is 0 Å². The van der Waals surface area contributed by atoms with Gasteiger partial charge < -0.3 is 9.47 Å². The summed E-state index contributed by atoms with van der Waals surface area (Å²) in [6, 6.07) is 6.17. The summed E-state index contributed by atoms with van der Waals surface area (Å²) in [5.74, 6) is 1.37. The molecule has 0 fully saturated rings. The average Bonchev–Trinajstić information content (AvgIpc) is 2.92. The minimum absolute atomic E-state index is 0.173. The Morgan fingerprint density at radius 3 is 1.90 bits per heavy atom. The van der Waals surface area contributed by atoms with Gasteiger partial charge in [0.2, 0.25) is 11.8 Å². The molecule has 4 nitrogen and oxygen atoms in total. The molecule has 0 aliphatic carbocycles. The molecule has 5 heteroatoms. The summed E-state index contributed by atoms with van der Waals surface area (Å²) < 4.78 is 12.7. The molecule has 112 valence electrons. The molecule has 1 aromatic carbocycles. The average molecular weight is 398 g/mol. The van der Waals surface area contributed by atoms with Gasteiger partial charge in [0, 0.05) is 14.7 Å². The molecule has 0 spiro atoms. The Bertz CT molecular complexity index is 648. The van der Waals surface area contributed by atoms with Crippen LogP contribution in [0, 0.1) is 3.57 Å². The van der Waals surface area contributed by atoms with E-state index in [0.29, 0.717) is 25.0 Å². The zero-order valence-electron chi connectivity index (χ0n) is 12.7. The highest BCUT2D eigenvalue weighted by molar-refractivity contribution is 14.1. The summed E-state index contributed by atoms with van der Waals surface area (Å²) in [5.41, 5.74) is 1.57. The Morgan fingerprint density at radius 1 is 0.905 bits per heavy atom. The first-order valence-corrected chi connectivity index (χ1v) is 8.09. The van der Waals surface area contributed by atoms with Crippen molar-refractivity contribution in [3.8, 4) is 0 Å². The molecule has 1 aromatic rings. The van der Waals surface area contributed by atoms with Crippen LogP contribution in [-0.4, -0.2) is 36.1 Å². The minimum atomic E-state index is -0.175. The summed E-state index contributed by atoms with van der Waals surface area (Å²) in [7, 11) is 0. The number of rotatable bonds is 2. The maximum atomic E-state index is 5.80. The number of halogens is 1. The van der Waals surface area contributed by atoms with Gasteiger partial charge in [0.05, 0.1) is 11.1 Å². The van der Waals surface area contributed by atoms with Crippen molar-refractivity contribution in [3.63, 3.8) is 0 Å². The van der Waals surface area contributed by atoms with E-state index in [1.165, 1.54) is 0 Å². The van der Waals surface area contributed by atoms with Crippen LogP contribution < -0.4 is 0 Å². The predicted octanol–water partition coefficient (Wildman–Crippen LogP) is 3.40. The maximum Gasteiger partial charge on any atom is 0.217 e. The lowest BCUT2D eigenvalue weighted by Gasteiger charge is -2.09. The summed E-state index contributed by atoms with van der Waals surface area (Å²) in [6.07, 6.45) is 0. The molecule has 0 N–H and O–H groups in total. The highest BCUT2D eigenvalue weighted by Crippen LogP contribution is 2.27. The maximum absolute atomic E-state index is 5.80. The SMILES string of the molecule is CC1(C)COC(c2ccc(I)cc2C2=NC(C)(C)CO2)=N1. The van der Waals surface area contributed by atoms with E-state index >= 15 is 0 Å². The van der Waals surface area contributed by atoms with Crippen molar-refractivity contribution in [2.45, 2.75) is 38.8 Å². The molecule has 21 heavy (non-hydrogen) atoms. The highest BCUT2D eigenvalue weighted by atomic mass is 127. The smallest absolute Gasteiger partial charge is 0.217 e. The van der Waals surface area contributed by atoms with Crippen LogP contribution in [0.2, 0.25) is 0 Å². The van der Waals surface area contributed by atoms with Crippen LogP contribution in [0.3, 0.4) is 0 Å². The zero-order chi connectivity index (χ0) is 15.3. The molecule has 2 heterocycles. The molecular formula is C16H19IN2O2. The first-order valence-electron chi connectivity index (χ1n) is 7.01. The van der Waals surface area contributed by atoms with Gasteiger partial charge in [-0.25, -0.2) is 9.98 Å². The van der Waals surface area contributed by atoms with E-state index in [4.69, 9.17) is 9.47 Å². The minimum Gasteiger partial charge on any atom is -0.475 e. The summed E-state index contributed by atoms with van der Waals surface area (Å²) >= 11 is 2.30. The van der Waals surface area contributed by atoms with Gasteiger partial charge >= 0.3 is 0 Å². The number of hydrogen-bond donors (Lipinski definition) is 0. The van der Waals surface area contributed by atoms with Crippen LogP contribution >= 0.6 is 22.6 Å². The lowest BCUT2D eigenvalue weighted by atomic mass is 10.1. The lowest BCUT2D eigenvalue weighted by Crippen LogP contribution is -2.17. The fourth-order valence-electron chi connectivity index (χ4n) is 2.32. The van der Waals surface area contributed by atoms with Crippen LogP contribution in [0.1, 0.15) is 38.8 Å². The van der Waals surface area contributed by atoms with Gasteiger partial charge in [-0.2, -0.15) is 0 Å². The first kappa shape index (κ1) is 14.8. The first-order chi connectivity index (χ1) is 9.76. The summed E-state index contributed by atoms with van der Waals surface area (Å²) in [4.78, 5) is 9.35. The topological polar surface area (TPSA) is 43.2 Å². The molecule has 0 bridgehead atoms. The molecule has 0 radical (unpaired) electrons. The van der Waals surface area contributed by atoms with Crippen molar-refractivity contribution >= 4 is 34.4 Å². The fourth-order valence-corrected chi connectivity index (χ4v) is 2.82. The van der Waals surface area contributed by atoms with E-state index in [0.717, 1.165) is 14.7 Å². The molecule has 3 rings (SSSR count). The molecule has 0 amide bonds. The number of aliphatic imine (C=N–C) groups is 2. The van der Waals surface area contributed by atoms with Gasteiger partial charge in [-0.05, 0) is 68.5 Å². The van der Waals surface area contributed by atoms with Crippen molar-refractivity contribution < 1.29 is 9.47 Å². The second-order valence-corrected chi connectivity index (χ2v) is 7.97. The molecule has 0 atom stereocenters. The Morgan fingerprint density at radius 2 is 1.43 bits per heavy atom. The summed E-state index contributed by atoms with van der Waals surface area (Å²) in [5, 5.41) is 0. The second kappa shape index (κ2) is 4.97. The standard InChI is InChI=1S/C16H19IN2O2/c1-15(2)8-20-13(18-15)11-6-5-10(17)7-12(11)14-19-16(3,4)9-21-14/h5-7H,8-9H2,1-4H3. The number of nitrogens with zero attached hydrogens (tertiary/aromatic N) is 2. The molecule has 0 saturated heterocycles. The van der Waals surface area contributed by atoms with Crippen molar-refractivity contribution in [1.82, 2.24) is 0 Å². The van der Waals surface area contributed by atoms with Crippen LogP contribution in [0.25, 0.3) is 0 Å².